The number of aromatic nitrogens is 1. The van der Waals surface area contributed by atoms with Crippen molar-refractivity contribution in [3.05, 3.63) is 83.8 Å². The molecule has 0 unspecified atom stereocenters. The first-order valence-electron chi connectivity index (χ1n) is 7.40. The Morgan fingerprint density at radius 2 is 1.79 bits per heavy atom. The van der Waals surface area contributed by atoms with Gasteiger partial charge in [-0.25, -0.2) is 14.2 Å². The molecular weight excluding hydrogens is 307 g/mol. The van der Waals surface area contributed by atoms with E-state index in [1.165, 1.54) is 6.07 Å². The monoisotopic (exact) mass is 322 g/mol. The molecule has 3 aromatic rings. The standard InChI is InChI=1S/C19H15FN2O2/c20-15-9-10-18(22-12-15)21-11-13-5-7-14(8-6-13)16-3-1-2-4-17(16)19(23)24/h1-10,12H,11H2,(H,21,22)(H,23,24). The largest absolute Gasteiger partial charge is 0.478 e. The number of carboxylic acids is 1. The van der Waals surface area contributed by atoms with Gasteiger partial charge in [-0.1, -0.05) is 42.5 Å². The summed E-state index contributed by atoms with van der Waals surface area (Å²) < 4.78 is 12.8. The average molecular weight is 322 g/mol. The van der Waals surface area contributed by atoms with Crippen molar-refractivity contribution in [3.63, 3.8) is 0 Å². The van der Waals surface area contributed by atoms with Gasteiger partial charge in [0.1, 0.15) is 11.6 Å². The Morgan fingerprint density at radius 3 is 2.46 bits per heavy atom. The average Bonchev–Trinajstić information content (AvgIpc) is 2.62. The Kier molecular flexibility index (Phi) is 4.52. The molecule has 0 radical (unpaired) electrons. The van der Waals surface area contributed by atoms with Crippen LogP contribution in [0, 0.1) is 5.82 Å². The van der Waals surface area contributed by atoms with Crippen LogP contribution in [0.15, 0.2) is 66.9 Å². The van der Waals surface area contributed by atoms with Crippen molar-refractivity contribution in [2.45, 2.75) is 6.54 Å². The van der Waals surface area contributed by atoms with E-state index in [1.807, 2.05) is 30.3 Å². The van der Waals surface area contributed by atoms with Gasteiger partial charge in [0, 0.05) is 6.54 Å². The maximum Gasteiger partial charge on any atom is 0.336 e. The number of hydrogen-bond donors (Lipinski definition) is 2. The lowest BCUT2D eigenvalue weighted by atomic mass is 9.99. The van der Waals surface area contributed by atoms with E-state index in [2.05, 4.69) is 10.3 Å². The fourth-order valence-corrected chi connectivity index (χ4v) is 2.40. The molecule has 4 nitrogen and oxygen atoms in total. The molecule has 24 heavy (non-hydrogen) atoms. The van der Waals surface area contributed by atoms with Crippen molar-refractivity contribution in [2.75, 3.05) is 5.32 Å². The van der Waals surface area contributed by atoms with Crippen molar-refractivity contribution in [2.24, 2.45) is 0 Å². The van der Waals surface area contributed by atoms with Crippen LogP contribution in [-0.2, 0) is 6.54 Å². The van der Waals surface area contributed by atoms with Crippen LogP contribution >= 0.6 is 0 Å². The van der Waals surface area contributed by atoms with Crippen LogP contribution in [0.2, 0.25) is 0 Å². The molecule has 0 saturated carbocycles. The van der Waals surface area contributed by atoms with E-state index in [9.17, 15) is 14.3 Å². The minimum absolute atomic E-state index is 0.277. The highest BCUT2D eigenvalue weighted by molar-refractivity contribution is 5.95. The number of benzene rings is 2. The number of carboxylic acid groups (broad SMARTS) is 1. The van der Waals surface area contributed by atoms with Crippen LogP contribution in [-0.4, -0.2) is 16.1 Å². The van der Waals surface area contributed by atoms with E-state index in [0.717, 1.165) is 17.3 Å². The quantitative estimate of drug-likeness (QED) is 0.739. The topological polar surface area (TPSA) is 62.2 Å². The second-order valence-corrected chi connectivity index (χ2v) is 5.26. The van der Waals surface area contributed by atoms with Gasteiger partial charge >= 0.3 is 5.97 Å². The Balaban J connectivity index is 1.74. The molecule has 5 heteroatoms. The smallest absolute Gasteiger partial charge is 0.336 e. The summed E-state index contributed by atoms with van der Waals surface area (Å²) in [4.78, 5) is 15.2. The number of nitrogens with zero attached hydrogens (tertiary/aromatic N) is 1. The first-order chi connectivity index (χ1) is 11.6. The van der Waals surface area contributed by atoms with Gasteiger partial charge in [-0.2, -0.15) is 0 Å². The molecule has 0 amide bonds. The molecule has 0 aliphatic rings. The number of nitrogens with one attached hydrogen (secondary N) is 1. The first kappa shape index (κ1) is 15.7. The third-order valence-corrected chi connectivity index (χ3v) is 3.62. The zero-order chi connectivity index (χ0) is 16.9. The predicted octanol–water partition coefficient (Wildman–Crippen LogP) is 4.20. The Labute approximate surface area is 138 Å². The third kappa shape index (κ3) is 3.57. The summed E-state index contributed by atoms with van der Waals surface area (Å²) in [5.41, 5.74) is 2.82. The maximum absolute atomic E-state index is 12.8. The van der Waals surface area contributed by atoms with Crippen LogP contribution in [0.5, 0.6) is 0 Å². The minimum Gasteiger partial charge on any atom is -0.478 e. The summed E-state index contributed by atoms with van der Waals surface area (Å²) in [6.45, 7) is 0.541. The van der Waals surface area contributed by atoms with E-state index in [4.69, 9.17) is 0 Å². The van der Waals surface area contributed by atoms with Gasteiger partial charge in [0.25, 0.3) is 0 Å². The fraction of sp³-hybridized carbons (Fsp3) is 0.0526. The molecule has 3 rings (SSSR count). The van der Waals surface area contributed by atoms with Crippen LogP contribution in [0.4, 0.5) is 10.2 Å². The minimum atomic E-state index is -0.946. The molecule has 2 N–H and O–H groups in total. The third-order valence-electron chi connectivity index (χ3n) is 3.62. The highest BCUT2D eigenvalue weighted by atomic mass is 19.1. The molecule has 0 aliphatic heterocycles. The zero-order valence-electron chi connectivity index (χ0n) is 12.7. The molecule has 0 aliphatic carbocycles. The van der Waals surface area contributed by atoms with Crippen molar-refractivity contribution < 1.29 is 14.3 Å². The van der Waals surface area contributed by atoms with Crippen molar-refractivity contribution in [3.8, 4) is 11.1 Å². The highest BCUT2D eigenvalue weighted by Crippen LogP contribution is 2.24. The van der Waals surface area contributed by atoms with E-state index < -0.39 is 5.97 Å². The van der Waals surface area contributed by atoms with Gasteiger partial charge < -0.3 is 10.4 Å². The van der Waals surface area contributed by atoms with Crippen molar-refractivity contribution in [1.82, 2.24) is 4.98 Å². The molecule has 2 aromatic carbocycles. The Bertz CT molecular complexity index is 846. The Morgan fingerprint density at radius 1 is 1.04 bits per heavy atom. The number of halogens is 1. The summed E-state index contributed by atoms with van der Waals surface area (Å²) in [6.07, 6.45) is 1.16. The normalized spacial score (nSPS) is 10.4. The number of hydrogen-bond acceptors (Lipinski definition) is 3. The highest BCUT2D eigenvalue weighted by Gasteiger charge is 2.10. The second kappa shape index (κ2) is 6.91. The molecule has 120 valence electrons. The van der Waals surface area contributed by atoms with E-state index in [-0.39, 0.29) is 11.4 Å². The number of anilines is 1. The summed E-state index contributed by atoms with van der Waals surface area (Å²) in [7, 11) is 0. The van der Waals surface area contributed by atoms with Gasteiger partial charge in [0.15, 0.2) is 0 Å². The molecule has 0 atom stereocenters. The lowest BCUT2D eigenvalue weighted by Crippen LogP contribution is -2.02. The zero-order valence-corrected chi connectivity index (χ0v) is 12.7. The van der Waals surface area contributed by atoms with Gasteiger partial charge in [-0.3, -0.25) is 0 Å². The molecule has 0 bridgehead atoms. The molecule has 1 aromatic heterocycles. The number of pyridine rings is 1. The van der Waals surface area contributed by atoms with Gasteiger partial charge in [-0.05, 0) is 34.9 Å². The molecular formula is C19H15FN2O2. The predicted molar refractivity (Wildman–Crippen MR) is 90.4 cm³/mol. The van der Waals surface area contributed by atoms with Crippen LogP contribution < -0.4 is 5.32 Å². The number of aromatic carboxylic acids is 1. The number of rotatable bonds is 5. The summed E-state index contributed by atoms with van der Waals surface area (Å²) >= 11 is 0. The lowest BCUT2D eigenvalue weighted by molar-refractivity contribution is 0.0697. The summed E-state index contributed by atoms with van der Waals surface area (Å²) in [5.74, 6) is -0.725. The molecule has 1 heterocycles. The van der Waals surface area contributed by atoms with Gasteiger partial charge in [0.2, 0.25) is 0 Å². The lowest BCUT2D eigenvalue weighted by Gasteiger charge is -2.09. The van der Waals surface area contributed by atoms with Crippen LogP contribution in [0.3, 0.4) is 0 Å². The maximum atomic E-state index is 12.8. The Hall–Kier alpha value is -3.21. The van der Waals surface area contributed by atoms with Crippen LogP contribution in [0.1, 0.15) is 15.9 Å². The SMILES string of the molecule is O=C(O)c1ccccc1-c1ccc(CNc2ccc(F)cn2)cc1. The fourth-order valence-electron chi connectivity index (χ4n) is 2.40. The summed E-state index contributed by atoms with van der Waals surface area (Å²) in [5, 5.41) is 12.4. The molecule has 0 saturated heterocycles. The number of carbonyl (C=O) groups is 1. The second-order valence-electron chi connectivity index (χ2n) is 5.26. The van der Waals surface area contributed by atoms with Gasteiger partial charge in [-0.15, -0.1) is 0 Å². The summed E-state index contributed by atoms with van der Waals surface area (Å²) in [6, 6.07) is 17.4. The van der Waals surface area contributed by atoms with Crippen LogP contribution in [0.25, 0.3) is 11.1 Å². The van der Waals surface area contributed by atoms with Crippen molar-refractivity contribution in [1.29, 1.82) is 0 Å². The van der Waals surface area contributed by atoms with E-state index in [1.54, 1.807) is 24.3 Å². The van der Waals surface area contributed by atoms with Gasteiger partial charge in [0.05, 0.1) is 11.8 Å². The van der Waals surface area contributed by atoms with E-state index >= 15 is 0 Å². The van der Waals surface area contributed by atoms with Crippen molar-refractivity contribution >= 4 is 11.8 Å². The van der Waals surface area contributed by atoms with E-state index in [0.29, 0.717) is 17.9 Å². The molecule has 0 spiro atoms. The molecule has 0 fully saturated rings. The first-order valence-corrected chi connectivity index (χ1v) is 7.40.